The first-order chi connectivity index (χ1) is 8.06. The highest BCUT2D eigenvalue weighted by Crippen LogP contribution is 2.10. The van der Waals surface area contributed by atoms with Gasteiger partial charge in [0.2, 0.25) is 0 Å². The van der Waals surface area contributed by atoms with Crippen molar-refractivity contribution in [1.82, 2.24) is 19.9 Å². The minimum absolute atomic E-state index is 0.166. The molecule has 0 aliphatic carbocycles. The van der Waals surface area contributed by atoms with Gasteiger partial charge >= 0.3 is 0 Å². The maximum absolute atomic E-state index is 11.8. The van der Waals surface area contributed by atoms with Crippen LogP contribution in [0.25, 0.3) is 5.65 Å². The van der Waals surface area contributed by atoms with Gasteiger partial charge in [0.15, 0.2) is 11.3 Å². The largest absolute Gasteiger partial charge is 0.350 e. The summed E-state index contributed by atoms with van der Waals surface area (Å²) < 4.78 is 2.40. The molecule has 90 valence electrons. The number of nitrogens with zero attached hydrogens (tertiary/aromatic N) is 3. The summed E-state index contributed by atoms with van der Waals surface area (Å²) in [7, 11) is 0. The number of carbonyl (C=O) groups is 1. The van der Waals surface area contributed by atoms with Crippen molar-refractivity contribution >= 4 is 27.5 Å². The van der Waals surface area contributed by atoms with Crippen molar-refractivity contribution in [3.05, 3.63) is 28.6 Å². The van der Waals surface area contributed by atoms with Crippen LogP contribution in [0.1, 0.15) is 24.3 Å². The van der Waals surface area contributed by atoms with Gasteiger partial charge in [-0.2, -0.15) is 5.10 Å². The molecule has 2 aromatic heterocycles. The van der Waals surface area contributed by atoms with E-state index in [1.54, 1.807) is 23.0 Å². The molecule has 1 N–H and O–H groups in total. The highest BCUT2D eigenvalue weighted by atomic mass is 79.9. The van der Waals surface area contributed by atoms with Crippen molar-refractivity contribution in [2.24, 2.45) is 5.92 Å². The average Bonchev–Trinajstić information content (AvgIpc) is 2.68. The maximum Gasteiger partial charge on any atom is 0.271 e. The van der Waals surface area contributed by atoms with Crippen LogP contribution < -0.4 is 5.32 Å². The zero-order valence-electron chi connectivity index (χ0n) is 9.64. The summed E-state index contributed by atoms with van der Waals surface area (Å²) in [6.45, 7) is 4.73. The Morgan fingerprint density at radius 3 is 3.06 bits per heavy atom. The molecule has 17 heavy (non-hydrogen) atoms. The SMILES string of the molecule is CC(C)CNC(=O)c1cc2ncc(Br)cn2n1. The standard InChI is InChI=1S/C11H13BrN4O/c1-7(2)4-14-11(17)9-3-10-13-5-8(12)6-16(10)15-9/h3,5-7H,4H2,1-2H3,(H,14,17). The highest BCUT2D eigenvalue weighted by molar-refractivity contribution is 9.10. The van der Waals surface area contributed by atoms with Gasteiger partial charge in [0.25, 0.3) is 5.91 Å². The van der Waals surface area contributed by atoms with Gasteiger partial charge in [-0.25, -0.2) is 9.50 Å². The van der Waals surface area contributed by atoms with Crippen molar-refractivity contribution in [1.29, 1.82) is 0 Å². The number of aromatic nitrogens is 3. The topological polar surface area (TPSA) is 59.3 Å². The molecular formula is C11H13BrN4O. The third-order valence-corrected chi connectivity index (χ3v) is 2.59. The third kappa shape index (κ3) is 2.82. The van der Waals surface area contributed by atoms with Crippen LogP contribution in [0.5, 0.6) is 0 Å². The lowest BCUT2D eigenvalue weighted by atomic mass is 10.2. The Labute approximate surface area is 107 Å². The highest BCUT2D eigenvalue weighted by Gasteiger charge is 2.11. The zero-order valence-corrected chi connectivity index (χ0v) is 11.2. The van der Waals surface area contributed by atoms with Crippen LogP contribution in [-0.2, 0) is 0 Å². The molecule has 0 fully saturated rings. The first-order valence-electron chi connectivity index (χ1n) is 5.35. The van der Waals surface area contributed by atoms with Gasteiger partial charge < -0.3 is 5.32 Å². The van der Waals surface area contributed by atoms with Crippen molar-refractivity contribution in [3.8, 4) is 0 Å². The van der Waals surface area contributed by atoms with Crippen molar-refractivity contribution in [2.45, 2.75) is 13.8 Å². The van der Waals surface area contributed by atoms with E-state index in [-0.39, 0.29) is 5.91 Å². The fourth-order valence-electron chi connectivity index (χ4n) is 1.35. The van der Waals surface area contributed by atoms with Gasteiger partial charge in [0, 0.05) is 25.0 Å². The molecule has 0 saturated heterocycles. The molecule has 0 aliphatic heterocycles. The molecule has 0 spiro atoms. The zero-order chi connectivity index (χ0) is 12.4. The number of rotatable bonds is 3. The molecule has 1 amide bonds. The minimum atomic E-state index is -0.166. The number of carbonyl (C=O) groups excluding carboxylic acids is 1. The molecule has 0 bridgehead atoms. The molecule has 0 unspecified atom stereocenters. The molecular weight excluding hydrogens is 284 g/mol. The molecule has 5 nitrogen and oxygen atoms in total. The molecule has 2 heterocycles. The number of hydrogen-bond acceptors (Lipinski definition) is 3. The van der Waals surface area contributed by atoms with E-state index in [1.165, 1.54) is 0 Å². The summed E-state index contributed by atoms with van der Waals surface area (Å²) in [6.07, 6.45) is 3.44. The smallest absolute Gasteiger partial charge is 0.271 e. The third-order valence-electron chi connectivity index (χ3n) is 2.19. The lowest BCUT2D eigenvalue weighted by Gasteiger charge is -2.04. The van der Waals surface area contributed by atoms with E-state index in [1.807, 2.05) is 13.8 Å². The van der Waals surface area contributed by atoms with Gasteiger partial charge in [-0.15, -0.1) is 0 Å². The van der Waals surface area contributed by atoms with E-state index < -0.39 is 0 Å². The number of nitrogens with one attached hydrogen (secondary N) is 1. The summed E-state index contributed by atoms with van der Waals surface area (Å²) in [4.78, 5) is 15.9. The minimum Gasteiger partial charge on any atom is -0.350 e. The van der Waals surface area contributed by atoms with Crippen LogP contribution >= 0.6 is 15.9 Å². The van der Waals surface area contributed by atoms with Crippen LogP contribution in [0, 0.1) is 5.92 Å². The summed E-state index contributed by atoms with van der Waals surface area (Å²) in [6, 6.07) is 1.67. The summed E-state index contributed by atoms with van der Waals surface area (Å²) in [5.74, 6) is 0.253. The molecule has 0 atom stereocenters. The van der Waals surface area contributed by atoms with Crippen molar-refractivity contribution in [2.75, 3.05) is 6.54 Å². The Kier molecular flexibility index (Phi) is 3.42. The monoisotopic (exact) mass is 296 g/mol. The van der Waals surface area contributed by atoms with Gasteiger partial charge in [-0.05, 0) is 21.8 Å². The summed E-state index contributed by atoms with van der Waals surface area (Å²) >= 11 is 3.30. The molecule has 2 rings (SSSR count). The fraction of sp³-hybridized carbons (Fsp3) is 0.364. The maximum atomic E-state index is 11.8. The molecule has 6 heteroatoms. The van der Waals surface area contributed by atoms with Crippen molar-refractivity contribution in [3.63, 3.8) is 0 Å². The van der Waals surface area contributed by atoms with Crippen LogP contribution in [0.3, 0.4) is 0 Å². The summed E-state index contributed by atoms with van der Waals surface area (Å²) in [5.41, 5.74) is 1.04. The van der Waals surface area contributed by atoms with Crippen LogP contribution in [-0.4, -0.2) is 27.0 Å². The molecule has 0 aromatic carbocycles. The second-order valence-electron chi connectivity index (χ2n) is 4.21. The normalized spacial score (nSPS) is 11.1. The summed E-state index contributed by atoms with van der Waals surface area (Å²) in [5, 5.41) is 6.98. The Morgan fingerprint density at radius 2 is 2.35 bits per heavy atom. The molecule has 2 aromatic rings. The lowest BCUT2D eigenvalue weighted by Crippen LogP contribution is -2.27. The molecule has 0 radical (unpaired) electrons. The first kappa shape index (κ1) is 12.0. The second-order valence-corrected chi connectivity index (χ2v) is 5.12. The molecule has 0 aliphatic rings. The Bertz CT molecular complexity index is 549. The Balaban J connectivity index is 2.21. The number of amides is 1. The van der Waals surface area contributed by atoms with E-state index in [2.05, 4.69) is 31.3 Å². The quantitative estimate of drug-likeness (QED) is 0.941. The lowest BCUT2D eigenvalue weighted by molar-refractivity contribution is 0.0943. The van der Waals surface area contributed by atoms with Gasteiger partial charge in [0.05, 0.1) is 4.47 Å². The van der Waals surface area contributed by atoms with E-state index in [0.717, 1.165) is 4.47 Å². The van der Waals surface area contributed by atoms with Gasteiger partial charge in [-0.1, -0.05) is 13.8 Å². The first-order valence-corrected chi connectivity index (χ1v) is 6.14. The van der Waals surface area contributed by atoms with E-state index >= 15 is 0 Å². The van der Waals surface area contributed by atoms with E-state index in [0.29, 0.717) is 23.8 Å². The average molecular weight is 297 g/mol. The van der Waals surface area contributed by atoms with Crippen LogP contribution in [0.2, 0.25) is 0 Å². The van der Waals surface area contributed by atoms with Gasteiger partial charge in [-0.3, -0.25) is 4.79 Å². The van der Waals surface area contributed by atoms with E-state index in [9.17, 15) is 4.79 Å². The Morgan fingerprint density at radius 1 is 1.59 bits per heavy atom. The number of fused-ring (bicyclic) bond motifs is 1. The van der Waals surface area contributed by atoms with Crippen LogP contribution in [0.15, 0.2) is 22.9 Å². The fourth-order valence-corrected chi connectivity index (χ4v) is 1.65. The predicted octanol–water partition coefficient (Wildman–Crippen LogP) is 1.88. The van der Waals surface area contributed by atoms with E-state index in [4.69, 9.17) is 0 Å². The van der Waals surface area contributed by atoms with Gasteiger partial charge in [0.1, 0.15) is 0 Å². The Hall–Kier alpha value is -1.43. The number of hydrogen-bond donors (Lipinski definition) is 1. The number of halogens is 1. The second kappa shape index (κ2) is 4.83. The van der Waals surface area contributed by atoms with Crippen LogP contribution in [0.4, 0.5) is 0 Å². The molecule has 0 saturated carbocycles. The van der Waals surface area contributed by atoms with Crippen molar-refractivity contribution < 1.29 is 4.79 Å². The predicted molar refractivity (Wildman–Crippen MR) is 67.9 cm³/mol.